The van der Waals surface area contributed by atoms with Crippen molar-refractivity contribution < 1.29 is 0 Å². The number of nitrogens with zero attached hydrogens (tertiary/aromatic N) is 3. The van der Waals surface area contributed by atoms with E-state index in [0.717, 1.165) is 57.1 Å². The highest BCUT2D eigenvalue weighted by atomic mass is 127. The Hall–Kier alpha value is -1.19. The summed E-state index contributed by atoms with van der Waals surface area (Å²) in [6, 6.07) is 11.8. The van der Waals surface area contributed by atoms with Crippen molar-refractivity contribution in [3.8, 4) is 0 Å². The van der Waals surface area contributed by atoms with Crippen molar-refractivity contribution in [2.45, 2.75) is 58.7 Å². The summed E-state index contributed by atoms with van der Waals surface area (Å²) in [5.41, 5.74) is 2.50. The number of benzene rings is 1. The molecule has 0 bridgehead atoms. The third kappa shape index (κ3) is 7.86. The first-order valence-corrected chi connectivity index (χ1v) is 11.3. The second kappa shape index (κ2) is 12.5. The molecule has 0 radical (unpaired) electrons. The Morgan fingerprint density at radius 2 is 2.10 bits per heavy atom. The smallest absolute Gasteiger partial charge is 0.191 e. The number of aryl methyl sites for hydroxylation is 2. The van der Waals surface area contributed by atoms with Crippen molar-refractivity contribution in [2.75, 3.05) is 19.6 Å². The van der Waals surface area contributed by atoms with Gasteiger partial charge >= 0.3 is 0 Å². The molecule has 0 saturated carbocycles. The van der Waals surface area contributed by atoms with E-state index in [0.29, 0.717) is 12.1 Å². The van der Waals surface area contributed by atoms with E-state index in [1.807, 2.05) is 0 Å². The maximum atomic E-state index is 4.79. The first-order chi connectivity index (χ1) is 13.6. The zero-order valence-electron chi connectivity index (χ0n) is 17.7. The lowest BCUT2D eigenvalue weighted by Crippen LogP contribution is -2.44. The molecular weight excluding hydrogens is 493 g/mol. The molecule has 1 aliphatic rings. The quantitative estimate of drug-likeness (QED) is 0.234. The fourth-order valence-electron chi connectivity index (χ4n) is 3.69. The minimum atomic E-state index is 0. The van der Waals surface area contributed by atoms with Crippen LogP contribution in [0.1, 0.15) is 43.0 Å². The molecule has 0 aliphatic carbocycles. The highest BCUT2D eigenvalue weighted by Crippen LogP contribution is 2.20. The number of hydrogen-bond donors (Lipinski definition) is 2. The summed E-state index contributed by atoms with van der Waals surface area (Å²) in [5.74, 6) is 0.941. The molecule has 2 N–H and O–H groups in total. The van der Waals surface area contributed by atoms with Gasteiger partial charge < -0.3 is 10.6 Å². The minimum absolute atomic E-state index is 0. The van der Waals surface area contributed by atoms with Gasteiger partial charge in [0, 0.05) is 55.8 Å². The Morgan fingerprint density at radius 1 is 1.31 bits per heavy atom. The van der Waals surface area contributed by atoms with Gasteiger partial charge in [0.15, 0.2) is 5.96 Å². The number of halogens is 1. The second-order valence-electron chi connectivity index (χ2n) is 7.59. The number of guanidine groups is 1. The molecule has 29 heavy (non-hydrogen) atoms. The third-order valence-electron chi connectivity index (χ3n) is 5.10. The Morgan fingerprint density at radius 3 is 2.79 bits per heavy atom. The van der Waals surface area contributed by atoms with Crippen LogP contribution in [0.2, 0.25) is 0 Å². The highest BCUT2D eigenvalue weighted by molar-refractivity contribution is 14.0. The molecular formula is C22H34IN5S. The summed E-state index contributed by atoms with van der Waals surface area (Å²) >= 11 is 1.75. The van der Waals surface area contributed by atoms with Gasteiger partial charge in [-0.05, 0) is 39.2 Å². The fraction of sp³-hybridized carbons (Fsp3) is 0.545. The van der Waals surface area contributed by atoms with Crippen LogP contribution >= 0.6 is 35.3 Å². The first-order valence-electron chi connectivity index (χ1n) is 10.4. The van der Waals surface area contributed by atoms with E-state index in [1.165, 1.54) is 10.6 Å². The number of thiazole rings is 1. The highest BCUT2D eigenvalue weighted by Gasteiger charge is 2.29. The lowest BCUT2D eigenvalue weighted by Gasteiger charge is -2.21. The van der Waals surface area contributed by atoms with Gasteiger partial charge in [0.25, 0.3) is 0 Å². The number of aliphatic imine (C=N–C) groups is 1. The molecule has 7 heteroatoms. The predicted octanol–water partition coefficient (Wildman–Crippen LogP) is 4.22. The van der Waals surface area contributed by atoms with Gasteiger partial charge in [-0.25, -0.2) is 4.98 Å². The van der Waals surface area contributed by atoms with E-state index in [9.17, 15) is 0 Å². The van der Waals surface area contributed by atoms with E-state index in [-0.39, 0.29) is 24.0 Å². The average molecular weight is 528 g/mol. The average Bonchev–Trinajstić information content (AvgIpc) is 3.25. The predicted molar refractivity (Wildman–Crippen MR) is 134 cm³/mol. The van der Waals surface area contributed by atoms with Crippen LogP contribution in [0.4, 0.5) is 0 Å². The molecule has 0 amide bonds. The molecule has 1 saturated heterocycles. The maximum absolute atomic E-state index is 4.79. The molecule has 2 atom stereocenters. The largest absolute Gasteiger partial charge is 0.357 e. The molecule has 3 rings (SSSR count). The molecule has 1 aliphatic heterocycles. The number of likely N-dealkylation sites (tertiary alicyclic amines) is 1. The van der Waals surface area contributed by atoms with Crippen LogP contribution in [0.5, 0.6) is 0 Å². The van der Waals surface area contributed by atoms with Gasteiger partial charge in [0.05, 0.1) is 5.01 Å². The topological polar surface area (TPSA) is 52.6 Å². The molecule has 2 heterocycles. The first kappa shape index (κ1) is 24.1. The normalized spacial score (nSPS) is 19.8. The molecule has 1 aromatic heterocycles. The van der Waals surface area contributed by atoms with Crippen LogP contribution in [0.25, 0.3) is 0 Å². The Bertz CT molecular complexity index is 749. The van der Waals surface area contributed by atoms with Crippen molar-refractivity contribution in [1.82, 2.24) is 20.5 Å². The maximum Gasteiger partial charge on any atom is 0.191 e. The second-order valence-corrected chi connectivity index (χ2v) is 8.53. The number of aromatic nitrogens is 1. The monoisotopic (exact) mass is 527 g/mol. The van der Waals surface area contributed by atoms with Gasteiger partial charge in [-0.2, -0.15) is 0 Å². The van der Waals surface area contributed by atoms with Crippen LogP contribution in [-0.2, 0) is 13.0 Å². The Kier molecular flexibility index (Phi) is 10.4. The minimum Gasteiger partial charge on any atom is -0.357 e. The summed E-state index contributed by atoms with van der Waals surface area (Å²) < 4.78 is 0. The van der Waals surface area contributed by atoms with Crippen molar-refractivity contribution in [2.24, 2.45) is 4.99 Å². The Labute approximate surface area is 196 Å². The number of rotatable bonds is 8. The summed E-state index contributed by atoms with van der Waals surface area (Å²) in [7, 11) is 0. The van der Waals surface area contributed by atoms with Crippen molar-refractivity contribution in [3.63, 3.8) is 0 Å². The van der Waals surface area contributed by atoms with Gasteiger partial charge in [0.2, 0.25) is 0 Å². The fourth-order valence-corrected chi connectivity index (χ4v) is 4.51. The summed E-state index contributed by atoms with van der Waals surface area (Å²) in [4.78, 5) is 11.9. The van der Waals surface area contributed by atoms with Crippen LogP contribution < -0.4 is 10.6 Å². The standard InChI is InChI=1S/C22H33N5S.HI/c1-4-23-22(24-12-8-11-21-25-17(2)16-28-21)26-20-13-18(3)27(15-20)14-19-9-6-5-7-10-19;/h5-7,9-10,16,18,20H,4,8,11-15H2,1-3H3,(H2,23,24,26);1H. The lowest BCUT2D eigenvalue weighted by molar-refractivity contribution is 0.258. The van der Waals surface area contributed by atoms with E-state index in [1.54, 1.807) is 11.3 Å². The van der Waals surface area contributed by atoms with E-state index in [2.05, 4.69) is 77.0 Å². The van der Waals surface area contributed by atoms with Gasteiger partial charge in [-0.15, -0.1) is 35.3 Å². The van der Waals surface area contributed by atoms with Crippen LogP contribution in [0.3, 0.4) is 0 Å². The zero-order valence-corrected chi connectivity index (χ0v) is 20.9. The van der Waals surface area contributed by atoms with E-state index < -0.39 is 0 Å². The number of nitrogens with one attached hydrogen (secondary N) is 2. The molecule has 2 aromatic rings. The zero-order chi connectivity index (χ0) is 19.8. The molecule has 5 nitrogen and oxygen atoms in total. The molecule has 160 valence electrons. The van der Waals surface area contributed by atoms with Gasteiger partial charge in [-0.3, -0.25) is 9.89 Å². The van der Waals surface area contributed by atoms with E-state index >= 15 is 0 Å². The summed E-state index contributed by atoms with van der Waals surface area (Å²) in [5, 5.41) is 10.4. The van der Waals surface area contributed by atoms with Gasteiger partial charge in [0.1, 0.15) is 0 Å². The van der Waals surface area contributed by atoms with Crippen molar-refractivity contribution in [1.29, 1.82) is 0 Å². The van der Waals surface area contributed by atoms with Gasteiger partial charge in [-0.1, -0.05) is 30.3 Å². The number of hydrogen-bond acceptors (Lipinski definition) is 4. The summed E-state index contributed by atoms with van der Waals surface area (Å²) in [6.45, 7) is 10.3. The summed E-state index contributed by atoms with van der Waals surface area (Å²) in [6.07, 6.45) is 3.19. The Balaban J connectivity index is 0.00000300. The van der Waals surface area contributed by atoms with Crippen LogP contribution in [0.15, 0.2) is 40.7 Å². The molecule has 2 unspecified atom stereocenters. The van der Waals surface area contributed by atoms with Crippen molar-refractivity contribution in [3.05, 3.63) is 52.0 Å². The lowest BCUT2D eigenvalue weighted by atomic mass is 10.2. The van der Waals surface area contributed by atoms with E-state index in [4.69, 9.17) is 4.99 Å². The SMILES string of the molecule is CCNC(=NCCCc1nc(C)cs1)NC1CC(C)N(Cc2ccccc2)C1.I. The van der Waals surface area contributed by atoms with Crippen LogP contribution in [-0.4, -0.2) is 47.6 Å². The molecule has 1 aromatic carbocycles. The van der Waals surface area contributed by atoms with Crippen LogP contribution in [0, 0.1) is 6.92 Å². The third-order valence-corrected chi connectivity index (χ3v) is 6.13. The molecule has 1 fully saturated rings. The van der Waals surface area contributed by atoms with Crippen molar-refractivity contribution >= 4 is 41.3 Å². The molecule has 0 spiro atoms.